The normalized spacial score (nSPS) is 10.2. The largest absolute Gasteiger partial charge is 0.293 e. The summed E-state index contributed by atoms with van der Waals surface area (Å²) in [4.78, 5) is 25.3. The van der Waals surface area contributed by atoms with Gasteiger partial charge in [-0.1, -0.05) is 12.1 Å². The van der Waals surface area contributed by atoms with E-state index in [1.807, 2.05) is 0 Å². The van der Waals surface area contributed by atoms with Gasteiger partial charge < -0.3 is 0 Å². The predicted octanol–water partition coefficient (Wildman–Crippen LogP) is 2.29. The number of nitro groups is 1. The summed E-state index contributed by atoms with van der Waals surface area (Å²) in [6.45, 7) is 0. The van der Waals surface area contributed by atoms with Crippen molar-refractivity contribution in [3.63, 3.8) is 0 Å². The molecule has 0 aliphatic rings. The number of non-ortho nitro benzene ring substituents is 1. The Morgan fingerprint density at radius 1 is 1.53 bits per heavy atom. The summed E-state index contributed by atoms with van der Waals surface area (Å²) < 4.78 is 3.93. The maximum Gasteiger partial charge on any atom is 0.270 e. The van der Waals surface area contributed by atoms with Crippen LogP contribution in [0.25, 0.3) is 10.6 Å². The van der Waals surface area contributed by atoms with Gasteiger partial charge in [0.2, 0.25) is 11.9 Å². The van der Waals surface area contributed by atoms with Crippen LogP contribution in [0.3, 0.4) is 0 Å². The number of nitro benzene ring substituents is 1. The van der Waals surface area contributed by atoms with Crippen LogP contribution in [0, 0.1) is 10.1 Å². The summed E-state index contributed by atoms with van der Waals surface area (Å²) in [7, 11) is 0. The quantitative estimate of drug-likeness (QED) is 0.530. The zero-order chi connectivity index (χ0) is 13.8. The average Bonchev–Trinajstić information content (AvgIpc) is 2.87. The van der Waals surface area contributed by atoms with E-state index in [2.05, 4.69) is 14.7 Å². The molecule has 1 heterocycles. The van der Waals surface area contributed by atoms with Gasteiger partial charge in [-0.25, -0.2) is 0 Å². The lowest BCUT2D eigenvalue weighted by Gasteiger charge is -1.96. The Bertz CT molecular complexity index is 631. The lowest BCUT2D eigenvalue weighted by atomic mass is 10.2. The first-order valence-corrected chi connectivity index (χ1v) is 6.35. The molecule has 0 radical (unpaired) electrons. The number of rotatable bonds is 4. The fourth-order valence-electron chi connectivity index (χ4n) is 1.30. The first kappa shape index (κ1) is 13.4. The maximum atomic E-state index is 11.1. The van der Waals surface area contributed by atoms with Crippen molar-refractivity contribution < 1.29 is 9.72 Å². The number of carbonyl (C=O) groups is 1. The maximum absolute atomic E-state index is 11.1. The molecule has 0 saturated heterocycles. The standard InChI is InChI=1S/C10H7ClN4O3S/c11-5-8(16)12-10-13-9(19-14-10)6-2-1-3-7(4-6)15(17)18/h1-4H,5H2,(H,12,14,16). The number of carbonyl (C=O) groups excluding carboxylic acids is 1. The molecule has 0 saturated carbocycles. The molecule has 0 aliphatic carbocycles. The number of aromatic nitrogens is 2. The molecule has 2 aromatic rings. The monoisotopic (exact) mass is 298 g/mol. The summed E-state index contributed by atoms with van der Waals surface area (Å²) in [5.74, 6) is -0.465. The Morgan fingerprint density at radius 2 is 2.32 bits per heavy atom. The molecule has 19 heavy (non-hydrogen) atoms. The number of halogens is 1. The van der Waals surface area contributed by atoms with Gasteiger partial charge in [-0.3, -0.25) is 20.2 Å². The van der Waals surface area contributed by atoms with Crippen LogP contribution >= 0.6 is 23.1 Å². The summed E-state index contributed by atoms with van der Waals surface area (Å²) >= 11 is 6.38. The van der Waals surface area contributed by atoms with Gasteiger partial charge in [0.25, 0.3) is 5.69 Å². The van der Waals surface area contributed by atoms with E-state index in [1.165, 1.54) is 12.1 Å². The van der Waals surface area contributed by atoms with Gasteiger partial charge in [-0.15, -0.1) is 11.6 Å². The van der Waals surface area contributed by atoms with Crippen molar-refractivity contribution in [2.75, 3.05) is 11.2 Å². The molecule has 1 aromatic carbocycles. The van der Waals surface area contributed by atoms with Crippen LogP contribution in [0.15, 0.2) is 24.3 Å². The second-order valence-electron chi connectivity index (χ2n) is 3.41. The Balaban J connectivity index is 2.25. The summed E-state index contributed by atoms with van der Waals surface area (Å²) in [6.07, 6.45) is 0. The highest BCUT2D eigenvalue weighted by Gasteiger charge is 2.12. The molecule has 0 unspecified atom stereocenters. The van der Waals surface area contributed by atoms with E-state index in [1.54, 1.807) is 12.1 Å². The second kappa shape index (κ2) is 5.72. The Morgan fingerprint density at radius 3 is 3.00 bits per heavy atom. The number of hydrogen-bond donors (Lipinski definition) is 1. The van der Waals surface area contributed by atoms with E-state index < -0.39 is 10.8 Å². The first-order valence-electron chi connectivity index (χ1n) is 5.04. The highest BCUT2D eigenvalue weighted by molar-refractivity contribution is 7.09. The van der Waals surface area contributed by atoms with Gasteiger partial charge >= 0.3 is 0 Å². The summed E-state index contributed by atoms with van der Waals surface area (Å²) in [5, 5.41) is 13.6. The molecular weight excluding hydrogens is 292 g/mol. The van der Waals surface area contributed by atoms with Gasteiger partial charge in [-0.05, 0) is 11.5 Å². The molecule has 0 atom stereocenters. The average molecular weight is 299 g/mol. The number of nitrogens with zero attached hydrogens (tertiary/aromatic N) is 3. The molecule has 0 fully saturated rings. The van der Waals surface area contributed by atoms with E-state index in [0.717, 1.165) is 11.5 Å². The number of benzene rings is 1. The third-order valence-corrected chi connectivity index (χ3v) is 3.11. The molecular formula is C10H7ClN4O3S. The molecule has 98 valence electrons. The van der Waals surface area contributed by atoms with Crippen LogP contribution < -0.4 is 5.32 Å². The Hall–Kier alpha value is -2.06. The van der Waals surface area contributed by atoms with Crippen LogP contribution in [0.4, 0.5) is 11.6 Å². The number of alkyl halides is 1. The van der Waals surface area contributed by atoms with Gasteiger partial charge in [0, 0.05) is 17.7 Å². The van der Waals surface area contributed by atoms with E-state index in [0.29, 0.717) is 10.6 Å². The SMILES string of the molecule is O=C(CCl)Nc1nsc(-c2cccc([N+](=O)[O-])c2)n1. The first-order chi connectivity index (χ1) is 9.10. The molecule has 2 rings (SSSR count). The minimum atomic E-state index is -0.485. The zero-order valence-electron chi connectivity index (χ0n) is 9.37. The van der Waals surface area contributed by atoms with Crippen LogP contribution in [-0.2, 0) is 4.79 Å². The predicted molar refractivity (Wildman–Crippen MR) is 71.3 cm³/mol. The topological polar surface area (TPSA) is 98.0 Å². The highest BCUT2D eigenvalue weighted by Crippen LogP contribution is 2.26. The minimum absolute atomic E-state index is 0.0287. The Kier molecular flexibility index (Phi) is 4.03. The fraction of sp³-hybridized carbons (Fsp3) is 0.100. The zero-order valence-corrected chi connectivity index (χ0v) is 10.9. The molecule has 0 bridgehead atoms. The van der Waals surface area contributed by atoms with Crippen molar-refractivity contribution in [2.24, 2.45) is 0 Å². The van der Waals surface area contributed by atoms with Gasteiger partial charge in [0.1, 0.15) is 10.9 Å². The van der Waals surface area contributed by atoms with Gasteiger partial charge in [0.15, 0.2) is 0 Å². The second-order valence-corrected chi connectivity index (χ2v) is 4.43. The van der Waals surface area contributed by atoms with E-state index in [4.69, 9.17) is 11.6 Å². The Labute approximate surface area is 116 Å². The molecule has 0 aliphatic heterocycles. The van der Waals surface area contributed by atoms with Crippen molar-refractivity contribution >= 4 is 40.7 Å². The smallest absolute Gasteiger partial charge is 0.270 e. The molecule has 1 amide bonds. The third-order valence-electron chi connectivity index (χ3n) is 2.10. The van der Waals surface area contributed by atoms with Crippen molar-refractivity contribution in [3.05, 3.63) is 34.4 Å². The van der Waals surface area contributed by atoms with Crippen molar-refractivity contribution in [1.82, 2.24) is 9.36 Å². The molecule has 7 nitrogen and oxygen atoms in total. The number of nitrogens with one attached hydrogen (secondary N) is 1. The van der Waals surface area contributed by atoms with Crippen molar-refractivity contribution in [1.29, 1.82) is 0 Å². The van der Waals surface area contributed by atoms with Gasteiger partial charge in [-0.2, -0.15) is 9.36 Å². The molecule has 1 aromatic heterocycles. The number of amides is 1. The van der Waals surface area contributed by atoms with Crippen LogP contribution in [0.1, 0.15) is 0 Å². The van der Waals surface area contributed by atoms with Gasteiger partial charge in [0.05, 0.1) is 4.92 Å². The lowest BCUT2D eigenvalue weighted by molar-refractivity contribution is -0.384. The lowest BCUT2D eigenvalue weighted by Crippen LogP contribution is -2.13. The third kappa shape index (κ3) is 3.24. The molecule has 0 spiro atoms. The fourth-order valence-corrected chi connectivity index (χ4v) is 1.99. The highest BCUT2D eigenvalue weighted by atomic mass is 35.5. The van der Waals surface area contributed by atoms with Crippen LogP contribution in [0.5, 0.6) is 0 Å². The molecule has 9 heteroatoms. The van der Waals surface area contributed by atoms with Crippen LogP contribution in [-0.4, -0.2) is 26.1 Å². The summed E-state index contributed by atoms with van der Waals surface area (Å²) in [6, 6.07) is 6.03. The van der Waals surface area contributed by atoms with E-state index in [-0.39, 0.29) is 17.5 Å². The number of anilines is 1. The van der Waals surface area contributed by atoms with E-state index in [9.17, 15) is 14.9 Å². The van der Waals surface area contributed by atoms with Crippen LogP contribution in [0.2, 0.25) is 0 Å². The summed E-state index contributed by atoms with van der Waals surface area (Å²) in [5.41, 5.74) is 0.539. The van der Waals surface area contributed by atoms with E-state index >= 15 is 0 Å². The minimum Gasteiger partial charge on any atom is -0.293 e. The number of hydrogen-bond acceptors (Lipinski definition) is 6. The van der Waals surface area contributed by atoms with Crippen molar-refractivity contribution in [2.45, 2.75) is 0 Å². The van der Waals surface area contributed by atoms with Crippen molar-refractivity contribution in [3.8, 4) is 10.6 Å². The molecule has 1 N–H and O–H groups in total.